The highest BCUT2D eigenvalue weighted by Crippen LogP contribution is 2.24. The van der Waals surface area contributed by atoms with E-state index in [0.29, 0.717) is 17.9 Å². The van der Waals surface area contributed by atoms with Crippen molar-refractivity contribution in [3.05, 3.63) is 60.2 Å². The van der Waals surface area contributed by atoms with Gasteiger partial charge in [-0.05, 0) is 41.5 Å². The van der Waals surface area contributed by atoms with Crippen LogP contribution < -0.4 is 10.1 Å². The lowest BCUT2D eigenvalue weighted by Crippen LogP contribution is -2.12. The molecular weight excluding hydrogens is 294 g/mol. The number of benzene rings is 2. The number of carbonyl (C=O) groups is 1. The molecular formula is C17H15N3O3. The molecule has 0 atom stereocenters. The zero-order valence-corrected chi connectivity index (χ0v) is 12.5. The van der Waals surface area contributed by atoms with Crippen LogP contribution in [-0.4, -0.2) is 22.8 Å². The molecule has 116 valence electrons. The summed E-state index contributed by atoms with van der Waals surface area (Å²) in [6, 6.07) is 16.3. The Morgan fingerprint density at radius 2 is 1.83 bits per heavy atom. The van der Waals surface area contributed by atoms with Gasteiger partial charge in [0.25, 0.3) is 5.91 Å². The van der Waals surface area contributed by atoms with Crippen LogP contribution in [0.5, 0.6) is 5.75 Å². The van der Waals surface area contributed by atoms with Crippen molar-refractivity contribution >= 4 is 11.7 Å². The summed E-state index contributed by atoms with van der Waals surface area (Å²) in [7, 11) is 0. The van der Waals surface area contributed by atoms with E-state index in [2.05, 4.69) is 15.6 Å². The summed E-state index contributed by atoms with van der Waals surface area (Å²) in [4.78, 5) is 12.3. The van der Waals surface area contributed by atoms with E-state index < -0.39 is 0 Å². The van der Waals surface area contributed by atoms with Crippen LogP contribution in [0.3, 0.4) is 0 Å². The van der Waals surface area contributed by atoms with Crippen LogP contribution in [0.1, 0.15) is 17.3 Å². The monoisotopic (exact) mass is 309 g/mol. The van der Waals surface area contributed by atoms with Crippen LogP contribution >= 0.6 is 0 Å². The van der Waals surface area contributed by atoms with Gasteiger partial charge in [0.15, 0.2) is 5.69 Å². The molecule has 1 heterocycles. The lowest BCUT2D eigenvalue weighted by molar-refractivity contribution is 0.102. The van der Waals surface area contributed by atoms with Crippen molar-refractivity contribution in [2.24, 2.45) is 0 Å². The van der Waals surface area contributed by atoms with Gasteiger partial charge in [0.05, 0.1) is 6.61 Å². The molecule has 0 saturated heterocycles. The third kappa shape index (κ3) is 3.37. The Labute approximate surface area is 133 Å². The summed E-state index contributed by atoms with van der Waals surface area (Å²) < 4.78 is 10.1. The summed E-state index contributed by atoms with van der Waals surface area (Å²) in [6.45, 7) is 2.49. The molecule has 0 bridgehead atoms. The molecule has 6 heteroatoms. The first-order chi connectivity index (χ1) is 11.3. The fourth-order valence-electron chi connectivity index (χ4n) is 2.10. The predicted octanol–water partition coefficient (Wildman–Crippen LogP) is 3.39. The van der Waals surface area contributed by atoms with Gasteiger partial charge in [0, 0.05) is 11.1 Å². The highest BCUT2D eigenvalue weighted by molar-refractivity contribution is 6.05. The van der Waals surface area contributed by atoms with Gasteiger partial charge in [-0.3, -0.25) is 4.79 Å². The topological polar surface area (TPSA) is 77.2 Å². The average Bonchev–Trinajstić information content (AvgIpc) is 3.05. The number of anilines is 1. The quantitative estimate of drug-likeness (QED) is 0.781. The molecule has 1 aromatic heterocycles. The minimum absolute atomic E-state index is 0.287. The maximum atomic E-state index is 12.3. The molecule has 6 nitrogen and oxygen atoms in total. The molecule has 23 heavy (non-hydrogen) atoms. The molecule has 0 fully saturated rings. The van der Waals surface area contributed by atoms with Gasteiger partial charge < -0.3 is 10.1 Å². The van der Waals surface area contributed by atoms with Crippen molar-refractivity contribution in [1.29, 1.82) is 0 Å². The minimum atomic E-state index is -0.291. The number of rotatable bonds is 5. The molecule has 0 radical (unpaired) electrons. The smallest absolute Gasteiger partial charge is 0.256 e. The maximum absolute atomic E-state index is 12.3. The third-order valence-corrected chi connectivity index (χ3v) is 3.20. The van der Waals surface area contributed by atoms with Gasteiger partial charge in [-0.2, -0.15) is 0 Å². The number of amides is 1. The zero-order chi connectivity index (χ0) is 16.1. The first-order valence-electron chi connectivity index (χ1n) is 7.20. The fourth-order valence-corrected chi connectivity index (χ4v) is 2.10. The standard InChI is InChI=1S/C17H15N3O3/c1-2-22-14-10-8-13(9-11-14)17(21)18-16-15(19-23-20-16)12-6-4-3-5-7-12/h3-11H,2H2,1H3,(H,18,20,21). The Kier molecular flexibility index (Phi) is 4.33. The molecule has 2 aromatic carbocycles. The Bertz CT molecular complexity index is 782. The van der Waals surface area contributed by atoms with E-state index >= 15 is 0 Å². The molecule has 0 aliphatic heterocycles. The molecule has 3 aromatic rings. The lowest BCUT2D eigenvalue weighted by Gasteiger charge is -2.05. The highest BCUT2D eigenvalue weighted by atomic mass is 16.6. The number of nitrogens with zero attached hydrogens (tertiary/aromatic N) is 2. The van der Waals surface area contributed by atoms with Crippen molar-refractivity contribution in [3.63, 3.8) is 0 Å². The predicted molar refractivity (Wildman–Crippen MR) is 85.3 cm³/mol. The number of hydrogen-bond acceptors (Lipinski definition) is 5. The third-order valence-electron chi connectivity index (χ3n) is 3.20. The number of hydrogen-bond donors (Lipinski definition) is 1. The van der Waals surface area contributed by atoms with Crippen LogP contribution in [-0.2, 0) is 0 Å². The highest BCUT2D eigenvalue weighted by Gasteiger charge is 2.15. The SMILES string of the molecule is CCOc1ccc(C(=O)Nc2nonc2-c2ccccc2)cc1. The summed E-state index contributed by atoms with van der Waals surface area (Å²) >= 11 is 0. The van der Waals surface area contributed by atoms with E-state index in [1.54, 1.807) is 24.3 Å². The molecule has 3 rings (SSSR count). The van der Waals surface area contributed by atoms with Crippen molar-refractivity contribution in [2.75, 3.05) is 11.9 Å². The summed E-state index contributed by atoms with van der Waals surface area (Å²) in [5.41, 5.74) is 1.80. The molecule has 0 aliphatic carbocycles. The molecule has 1 amide bonds. The van der Waals surface area contributed by atoms with Gasteiger partial charge in [-0.1, -0.05) is 30.3 Å². The van der Waals surface area contributed by atoms with E-state index in [-0.39, 0.29) is 11.7 Å². The van der Waals surface area contributed by atoms with Crippen molar-refractivity contribution in [1.82, 2.24) is 10.3 Å². The largest absolute Gasteiger partial charge is 0.494 e. The average molecular weight is 309 g/mol. The maximum Gasteiger partial charge on any atom is 0.256 e. The van der Waals surface area contributed by atoms with Gasteiger partial charge >= 0.3 is 0 Å². The van der Waals surface area contributed by atoms with Crippen molar-refractivity contribution in [3.8, 4) is 17.0 Å². The number of ether oxygens (including phenoxy) is 1. The zero-order valence-electron chi connectivity index (χ0n) is 12.5. The van der Waals surface area contributed by atoms with Crippen molar-refractivity contribution < 1.29 is 14.2 Å². The molecule has 0 unspecified atom stereocenters. The Balaban J connectivity index is 1.77. The number of carbonyl (C=O) groups excluding carboxylic acids is 1. The summed E-state index contributed by atoms with van der Waals surface area (Å²) in [6.07, 6.45) is 0. The summed E-state index contributed by atoms with van der Waals surface area (Å²) in [5, 5.41) is 10.3. The first-order valence-corrected chi connectivity index (χ1v) is 7.20. The van der Waals surface area contributed by atoms with Crippen molar-refractivity contribution in [2.45, 2.75) is 6.92 Å². The first kappa shape index (κ1) is 14.8. The normalized spacial score (nSPS) is 10.3. The van der Waals surface area contributed by atoms with E-state index in [1.165, 1.54) is 0 Å². The Morgan fingerprint density at radius 3 is 2.52 bits per heavy atom. The van der Waals surface area contributed by atoms with Crippen LogP contribution in [0.15, 0.2) is 59.2 Å². The van der Waals surface area contributed by atoms with Gasteiger partial charge in [0.1, 0.15) is 5.75 Å². The lowest BCUT2D eigenvalue weighted by atomic mass is 10.1. The van der Waals surface area contributed by atoms with Gasteiger partial charge in [-0.15, -0.1) is 0 Å². The van der Waals surface area contributed by atoms with Crippen LogP contribution in [0, 0.1) is 0 Å². The van der Waals surface area contributed by atoms with E-state index in [1.807, 2.05) is 37.3 Å². The number of aromatic nitrogens is 2. The second-order valence-electron chi connectivity index (χ2n) is 4.74. The summed E-state index contributed by atoms with van der Waals surface area (Å²) in [5.74, 6) is 0.716. The minimum Gasteiger partial charge on any atom is -0.494 e. The Morgan fingerprint density at radius 1 is 1.09 bits per heavy atom. The number of nitrogens with one attached hydrogen (secondary N) is 1. The van der Waals surface area contributed by atoms with E-state index in [4.69, 9.17) is 9.37 Å². The van der Waals surface area contributed by atoms with Crippen LogP contribution in [0.25, 0.3) is 11.3 Å². The molecule has 0 spiro atoms. The van der Waals surface area contributed by atoms with Gasteiger partial charge in [0.2, 0.25) is 5.82 Å². The molecule has 0 saturated carbocycles. The van der Waals surface area contributed by atoms with E-state index in [9.17, 15) is 4.79 Å². The molecule has 0 aliphatic rings. The van der Waals surface area contributed by atoms with E-state index in [0.717, 1.165) is 11.3 Å². The van der Waals surface area contributed by atoms with Crippen LogP contribution in [0.2, 0.25) is 0 Å². The van der Waals surface area contributed by atoms with Crippen LogP contribution in [0.4, 0.5) is 5.82 Å². The fraction of sp³-hybridized carbons (Fsp3) is 0.118. The second kappa shape index (κ2) is 6.74. The van der Waals surface area contributed by atoms with Gasteiger partial charge in [-0.25, -0.2) is 4.63 Å². The Hall–Kier alpha value is -3.15. The molecule has 1 N–H and O–H groups in total. The second-order valence-corrected chi connectivity index (χ2v) is 4.74.